The summed E-state index contributed by atoms with van der Waals surface area (Å²) >= 11 is 0. The van der Waals surface area contributed by atoms with Crippen molar-refractivity contribution < 1.29 is 4.92 Å². The van der Waals surface area contributed by atoms with Crippen LogP contribution < -0.4 is 5.32 Å². The largest absolute Gasteiger partial charge is 0.314 e. The zero-order valence-electron chi connectivity index (χ0n) is 13.3. The fourth-order valence-corrected chi connectivity index (χ4v) is 3.63. The van der Waals surface area contributed by atoms with Crippen molar-refractivity contribution >= 4 is 5.69 Å². The molecule has 1 aromatic rings. The van der Waals surface area contributed by atoms with Gasteiger partial charge in [0.05, 0.1) is 4.92 Å². The Hall–Kier alpha value is -1.42. The van der Waals surface area contributed by atoms with Crippen molar-refractivity contribution in [1.82, 2.24) is 5.32 Å². The van der Waals surface area contributed by atoms with Crippen LogP contribution >= 0.6 is 0 Å². The van der Waals surface area contributed by atoms with Crippen LogP contribution in [-0.4, -0.2) is 17.5 Å². The molecule has 0 amide bonds. The van der Waals surface area contributed by atoms with Gasteiger partial charge in [0, 0.05) is 17.7 Å². The van der Waals surface area contributed by atoms with Gasteiger partial charge in [-0.15, -0.1) is 0 Å². The van der Waals surface area contributed by atoms with Crippen molar-refractivity contribution in [2.24, 2.45) is 11.8 Å². The van der Waals surface area contributed by atoms with Gasteiger partial charge in [-0.3, -0.25) is 10.1 Å². The molecule has 0 radical (unpaired) electrons. The third-order valence-electron chi connectivity index (χ3n) is 4.81. The molecule has 4 nitrogen and oxygen atoms in total. The van der Waals surface area contributed by atoms with Crippen LogP contribution in [0.3, 0.4) is 0 Å². The lowest BCUT2D eigenvalue weighted by Crippen LogP contribution is -2.41. The maximum absolute atomic E-state index is 11.1. The van der Waals surface area contributed by atoms with Crippen molar-refractivity contribution in [2.45, 2.75) is 52.5 Å². The van der Waals surface area contributed by atoms with E-state index < -0.39 is 0 Å². The summed E-state index contributed by atoms with van der Waals surface area (Å²) in [4.78, 5) is 10.8. The van der Waals surface area contributed by atoms with Crippen molar-refractivity contribution in [3.63, 3.8) is 0 Å². The Kier molecular flexibility index (Phi) is 5.34. The minimum atomic E-state index is -0.274. The Balaban J connectivity index is 2.18. The van der Waals surface area contributed by atoms with Crippen molar-refractivity contribution in [1.29, 1.82) is 0 Å². The van der Waals surface area contributed by atoms with Gasteiger partial charge in [-0.05, 0) is 56.6 Å². The maximum atomic E-state index is 11.1. The lowest BCUT2D eigenvalue weighted by atomic mass is 9.75. The lowest BCUT2D eigenvalue weighted by Gasteiger charge is -2.35. The monoisotopic (exact) mass is 290 g/mol. The predicted octanol–water partition coefficient (Wildman–Crippen LogP) is 3.86. The zero-order valence-corrected chi connectivity index (χ0v) is 13.3. The summed E-state index contributed by atoms with van der Waals surface area (Å²) in [5, 5.41) is 14.7. The number of nitrogens with one attached hydrogen (secondary N) is 1. The van der Waals surface area contributed by atoms with Gasteiger partial charge in [0.1, 0.15) is 0 Å². The van der Waals surface area contributed by atoms with E-state index >= 15 is 0 Å². The van der Waals surface area contributed by atoms with Gasteiger partial charge in [0.15, 0.2) is 0 Å². The molecule has 1 aromatic carbocycles. The first-order valence-corrected chi connectivity index (χ1v) is 7.99. The number of hydrogen-bond donors (Lipinski definition) is 1. The van der Waals surface area contributed by atoms with E-state index in [0.717, 1.165) is 30.0 Å². The van der Waals surface area contributed by atoms with Crippen LogP contribution in [0.5, 0.6) is 0 Å². The van der Waals surface area contributed by atoms with Crippen molar-refractivity contribution in [2.75, 3.05) is 6.54 Å². The van der Waals surface area contributed by atoms with Gasteiger partial charge in [0.2, 0.25) is 0 Å². The number of nitro benzene ring substituents is 1. The van der Waals surface area contributed by atoms with Gasteiger partial charge in [-0.25, -0.2) is 0 Å². The summed E-state index contributed by atoms with van der Waals surface area (Å²) in [7, 11) is 0. The van der Waals surface area contributed by atoms with Crippen molar-refractivity contribution in [3.8, 4) is 0 Å². The fraction of sp³-hybridized carbons (Fsp3) is 0.647. The molecule has 0 spiro atoms. The molecular formula is C17H26N2O2. The van der Waals surface area contributed by atoms with Crippen LogP contribution in [0.2, 0.25) is 0 Å². The molecule has 1 N–H and O–H groups in total. The minimum absolute atomic E-state index is 0.247. The number of benzene rings is 1. The van der Waals surface area contributed by atoms with Crippen molar-refractivity contribution in [3.05, 3.63) is 39.4 Å². The van der Waals surface area contributed by atoms with Crippen LogP contribution in [-0.2, 0) is 6.42 Å². The Morgan fingerprint density at radius 1 is 1.38 bits per heavy atom. The number of nitrogens with zero attached hydrogens (tertiary/aromatic N) is 1. The lowest BCUT2D eigenvalue weighted by molar-refractivity contribution is -0.385. The Morgan fingerprint density at radius 2 is 2.14 bits per heavy atom. The summed E-state index contributed by atoms with van der Waals surface area (Å²) in [6.45, 7) is 7.33. The number of nitro groups is 1. The Bertz CT molecular complexity index is 502. The molecule has 1 aliphatic rings. The van der Waals surface area contributed by atoms with Gasteiger partial charge in [-0.1, -0.05) is 26.0 Å². The molecule has 1 saturated carbocycles. The highest BCUT2D eigenvalue weighted by Crippen LogP contribution is 2.33. The fourth-order valence-electron chi connectivity index (χ4n) is 3.63. The summed E-state index contributed by atoms with van der Waals surface area (Å²) < 4.78 is 0. The van der Waals surface area contributed by atoms with E-state index in [4.69, 9.17) is 0 Å². The molecule has 2 rings (SSSR count). The molecule has 0 heterocycles. The van der Waals surface area contributed by atoms with E-state index in [9.17, 15) is 10.1 Å². The summed E-state index contributed by atoms with van der Waals surface area (Å²) in [5.41, 5.74) is 2.21. The molecule has 4 heteroatoms. The number of rotatable bonds is 5. The van der Waals surface area contributed by atoms with Gasteiger partial charge in [-0.2, -0.15) is 0 Å². The highest BCUT2D eigenvalue weighted by atomic mass is 16.6. The SMILES string of the molecule is CCNC1CCC(C)CC1Cc1cccc([N+](=O)[O-])c1C. The predicted molar refractivity (Wildman–Crippen MR) is 85.5 cm³/mol. The molecule has 1 aliphatic carbocycles. The molecule has 116 valence electrons. The molecule has 0 bridgehead atoms. The second kappa shape index (κ2) is 7.03. The molecule has 0 saturated heterocycles. The normalized spacial score (nSPS) is 25.8. The Labute approximate surface area is 127 Å². The van der Waals surface area contributed by atoms with Crippen LogP contribution in [0.15, 0.2) is 18.2 Å². The molecule has 3 atom stereocenters. The number of hydrogen-bond acceptors (Lipinski definition) is 3. The second-order valence-electron chi connectivity index (χ2n) is 6.36. The van der Waals surface area contributed by atoms with Crippen LogP contribution in [0.25, 0.3) is 0 Å². The maximum Gasteiger partial charge on any atom is 0.272 e. The smallest absolute Gasteiger partial charge is 0.272 e. The standard InChI is InChI=1S/C17H26N2O2/c1-4-18-16-9-8-12(2)10-15(16)11-14-6-5-7-17(13(14)3)19(20)21/h5-7,12,15-16,18H,4,8-11H2,1-3H3. The molecule has 3 unspecified atom stereocenters. The van der Waals surface area contributed by atoms with E-state index in [0.29, 0.717) is 12.0 Å². The van der Waals surface area contributed by atoms with Gasteiger partial charge < -0.3 is 5.32 Å². The highest BCUT2D eigenvalue weighted by Gasteiger charge is 2.29. The average molecular weight is 290 g/mol. The van der Waals surface area contributed by atoms with Crippen LogP contribution in [0.1, 0.15) is 44.2 Å². The van der Waals surface area contributed by atoms with E-state index in [1.54, 1.807) is 6.07 Å². The van der Waals surface area contributed by atoms with E-state index in [-0.39, 0.29) is 10.6 Å². The summed E-state index contributed by atoms with van der Waals surface area (Å²) in [5.74, 6) is 1.33. The van der Waals surface area contributed by atoms with E-state index in [1.807, 2.05) is 19.1 Å². The third-order valence-corrected chi connectivity index (χ3v) is 4.81. The van der Waals surface area contributed by atoms with E-state index in [2.05, 4.69) is 19.2 Å². The summed E-state index contributed by atoms with van der Waals surface area (Å²) in [6, 6.07) is 6.01. The topological polar surface area (TPSA) is 55.2 Å². The second-order valence-corrected chi connectivity index (χ2v) is 6.36. The molecule has 1 fully saturated rings. The average Bonchev–Trinajstić information content (AvgIpc) is 2.44. The third kappa shape index (κ3) is 3.82. The quantitative estimate of drug-likeness (QED) is 0.661. The first kappa shape index (κ1) is 16.0. The molecular weight excluding hydrogens is 264 g/mol. The van der Waals surface area contributed by atoms with Crippen LogP contribution in [0, 0.1) is 28.9 Å². The summed E-state index contributed by atoms with van der Waals surface area (Å²) in [6.07, 6.45) is 4.64. The molecule has 0 aliphatic heterocycles. The molecule has 21 heavy (non-hydrogen) atoms. The molecule has 0 aromatic heterocycles. The zero-order chi connectivity index (χ0) is 15.4. The first-order chi connectivity index (χ1) is 10.0. The van der Waals surface area contributed by atoms with Gasteiger partial charge in [0.25, 0.3) is 5.69 Å². The van der Waals surface area contributed by atoms with E-state index in [1.165, 1.54) is 19.3 Å². The highest BCUT2D eigenvalue weighted by molar-refractivity contribution is 5.44. The van der Waals surface area contributed by atoms with Gasteiger partial charge >= 0.3 is 0 Å². The Morgan fingerprint density at radius 3 is 2.81 bits per heavy atom. The minimum Gasteiger partial charge on any atom is -0.314 e. The van der Waals surface area contributed by atoms with Crippen LogP contribution in [0.4, 0.5) is 5.69 Å². The first-order valence-electron chi connectivity index (χ1n) is 7.99.